The van der Waals surface area contributed by atoms with Gasteiger partial charge in [-0.25, -0.2) is 0 Å². The maximum Gasteiger partial charge on any atom is 0.125 e. The zero-order valence-electron chi connectivity index (χ0n) is 12.1. The molecule has 19 heavy (non-hydrogen) atoms. The van der Waals surface area contributed by atoms with Crippen molar-refractivity contribution in [1.29, 1.82) is 0 Å². The largest absolute Gasteiger partial charge is 0.496 e. The van der Waals surface area contributed by atoms with E-state index in [1.54, 1.807) is 7.11 Å². The molecule has 1 saturated heterocycles. The lowest BCUT2D eigenvalue weighted by atomic mass is 10.0. The molecule has 4 heteroatoms. The van der Waals surface area contributed by atoms with Gasteiger partial charge in [0.05, 0.1) is 7.11 Å². The van der Waals surface area contributed by atoms with Gasteiger partial charge in [0.2, 0.25) is 0 Å². The Morgan fingerprint density at radius 2 is 2.05 bits per heavy atom. The summed E-state index contributed by atoms with van der Waals surface area (Å²) in [6, 6.07) is 6.58. The fraction of sp³-hybridized carbons (Fsp3) is 0.600. The minimum atomic E-state index is -0.0477. The van der Waals surface area contributed by atoms with Gasteiger partial charge in [-0.2, -0.15) is 0 Å². The molecule has 0 amide bonds. The molecule has 106 valence electrons. The molecule has 0 aliphatic carbocycles. The van der Waals surface area contributed by atoms with E-state index in [0.717, 1.165) is 37.4 Å². The highest BCUT2D eigenvalue weighted by Crippen LogP contribution is 2.35. The van der Waals surface area contributed by atoms with Crippen LogP contribution in [-0.2, 0) is 4.74 Å². The topological polar surface area (TPSA) is 47.7 Å². The van der Waals surface area contributed by atoms with Gasteiger partial charge in [0.15, 0.2) is 0 Å². The van der Waals surface area contributed by atoms with Gasteiger partial charge in [0, 0.05) is 43.6 Å². The average molecular weight is 264 g/mol. The Morgan fingerprint density at radius 1 is 1.37 bits per heavy atom. The summed E-state index contributed by atoms with van der Waals surface area (Å²) in [6.45, 7) is 3.68. The lowest BCUT2D eigenvalue weighted by molar-refractivity contribution is 0.0854. The van der Waals surface area contributed by atoms with E-state index < -0.39 is 0 Å². The number of benzene rings is 1. The second-order valence-corrected chi connectivity index (χ2v) is 5.14. The highest BCUT2D eigenvalue weighted by Gasteiger charge is 2.23. The number of ether oxygens (including phenoxy) is 2. The molecule has 1 heterocycles. The summed E-state index contributed by atoms with van der Waals surface area (Å²) in [5, 5.41) is 0. The Balaban J connectivity index is 2.32. The molecule has 0 saturated carbocycles. The summed E-state index contributed by atoms with van der Waals surface area (Å²) < 4.78 is 10.9. The van der Waals surface area contributed by atoms with Crippen LogP contribution in [0.5, 0.6) is 5.75 Å². The third-order valence-corrected chi connectivity index (χ3v) is 3.84. The molecule has 0 bridgehead atoms. The number of nitrogens with zero attached hydrogens (tertiary/aromatic N) is 1. The number of rotatable bonds is 4. The first-order valence-electron chi connectivity index (χ1n) is 6.88. The lowest BCUT2D eigenvalue weighted by Gasteiger charge is -2.35. The Morgan fingerprint density at radius 3 is 2.63 bits per heavy atom. The summed E-state index contributed by atoms with van der Waals surface area (Å²) in [4.78, 5) is 2.32. The predicted molar refractivity (Wildman–Crippen MR) is 77.8 cm³/mol. The van der Waals surface area contributed by atoms with Gasteiger partial charge in [-0.1, -0.05) is 6.07 Å². The molecule has 1 fully saturated rings. The number of anilines is 1. The number of hydrogen-bond donors (Lipinski definition) is 1. The quantitative estimate of drug-likeness (QED) is 0.906. The van der Waals surface area contributed by atoms with Crippen molar-refractivity contribution in [3.8, 4) is 5.75 Å². The Kier molecular flexibility index (Phi) is 4.66. The second-order valence-electron chi connectivity index (χ2n) is 5.14. The highest BCUT2D eigenvalue weighted by molar-refractivity contribution is 5.61. The standard InChI is InChI=1S/C15H24N2O2/c1-11(16)15-13(5-4-6-14(15)18-3)17(2)12-7-9-19-10-8-12/h4-6,11-12H,7-10,16H2,1-3H3/t11-/m1/s1. The van der Waals surface area contributed by atoms with Crippen molar-refractivity contribution >= 4 is 5.69 Å². The molecule has 1 atom stereocenters. The van der Waals surface area contributed by atoms with E-state index in [4.69, 9.17) is 15.2 Å². The monoisotopic (exact) mass is 264 g/mol. The highest BCUT2D eigenvalue weighted by atomic mass is 16.5. The molecule has 2 N–H and O–H groups in total. The van der Waals surface area contributed by atoms with Gasteiger partial charge < -0.3 is 20.1 Å². The van der Waals surface area contributed by atoms with Gasteiger partial charge >= 0.3 is 0 Å². The van der Waals surface area contributed by atoms with E-state index in [1.807, 2.05) is 19.1 Å². The van der Waals surface area contributed by atoms with Crippen LogP contribution >= 0.6 is 0 Å². The zero-order valence-corrected chi connectivity index (χ0v) is 12.1. The van der Waals surface area contributed by atoms with Crippen molar-refractivity contribution < 1.29 is 9.47 Å². The van der Waals surface area contributed by atoms with Crippen molar-refractivity contribution in [1.82, 2.24) is 0 Å². The molecule has 0 spiro atoms. The van der Waals surface area contributed by atoms with Crippen molar-refractivity contribution in [2.45, 2.75) is 31.8 Å². The van der Waals surface area contributed by atoms with Gasteiger partial charge in [-0.15, -0.1) is 0 Å². The third kappa shape index (κ3) is 3.01. The summed E-state index contributed by atoms with van der Waals surface area (Å²) in [5.41, 5.74) is 8.38. The minimum absolute atomic E-state index is 0.0477. The molecular weight excluding hydrogens is 240 g/mol. The molecule has 1 aromatic carbocycles. The average Bonchev–Trinajstić information content (AvgIpc) is 2.46. The normalized spacial score (nSPS) is 18.1. The van der Waals surface area contributed by atoms with Crippen LogP contribution in [-0.4, -0.2) is 33.4 Å². The van der Waals surface area contributed by atoms with Crippen LogP contribution in [0, 0.1) is 0 Å². The minimum Gasteiger partial charge on any atom is -0.496 e. The van der Waals surface area contributed by atoms with E-state index in [0.29, 0.717) is 6.04 Å². The smallest absolute Gasteiger partial charge is 0.125 e. The van der Waals surface area contributed by atoms with Gasteiger partial charge in [0.1, 0.15) is 5.75 Å². The van der Waals surface area contributed by atoms with E-state index in [9.17, 15) is 0 Å². The van der Waals surface area contributed by atoms with E-state index in [-0.39, 0.29) is 6.04 Å². The third-order valence-electron chi connectivity index (χ3n) is 3.84. The fourth-order valence-corrected chi connectivity index (χ4v) is 2.74. The van der Waals surface area contributed by atoms with Crippen molar-refractivity contribution in [3.63, 3.8) is 0 Å². The van der Waals surface area contributed by atoms with Crippen LogP contribution in [0.15, 0.2) is 18.2 Å². The van der Waals surface area contributed by atoms with Crippen LogP contribution in [0.3, 0.4) is 0 Å². The predicted octanol–water partition coefficient (Wildman–Crippen LogP) is 2.33. The molecule has 2 rings (SSSR count). The second kappa shape index (κ2) is 6.26. The maximum absolute atomic E-state index is 6.13. The molecular formula is C15H24N2O2. The van der Waals surface area contributed by atoms with Crippen molar-refractivity contribution in [2.24, 2.45) is 5.73 Å². The van der Waals surface area contributed by atoms with Crippen LogP contribution in [0.2, 0.25) is 0 Å². The fourth-order valence-electron chi connectivity index (χ4n) is 2.74. The number of methoxy groups -OCH3 is 1. The maximum atomic E-state index is 6.13. The number of hydrogen-bond acceptors (Lipinski definition) is 4. The lowest BCUT2D eigenvalue weighted by Crippen LogP contribution is -2.37. The summed E-state index contributed by atoms with van der Waals surface area (Å²) in [5.74, 6) is 0.867. The first-order chi connectivity index (χ1) is 9.15. The van der Waals surface area contributed by atoms with Gasteiger partial charge in [-0.3, -0.25) is 0 Å². The van der Waals surface area contributed by atoms with Crippen LogP contribution in [0.25, 0.3) is 0 Å². The molecule has 0 unspecified atom stereocenters. The van der Waals surface area contributed by atoms with E-state index in [1.165, 1.54) is 5.69 Å². The molecule has 0 aromatic heterocycles. The summed E-state index contributed by atoms with van der Waals surface area (Å²) in [7, 11) is 3.83. The van der Waals surface area contributed by atoms with Crippen LogP contribution in [0.4, 0.5) is 5.69 Å². The summed E-state index contributed by atoms with van der Waals surface area (Å²) >= 11 is 0. The van der Waals surface area contributed by atoms with E-state index >= 15 is 0 Å². The first kappa shape index (κ1) is 14.2. The summed E-state index contributed by atoms with van der Waals surface area (Å²) in [6.07, 6.45) is 2.12. The molecule has 1 aliphatic rings. The molecule has 1 aromatic rings. The first-order valence-corrected chi connectivity index (χ1v) is 6.88. The Hall–Kier alpha value is -1.26. The van der Waals surface area contributed by atoms with Crippen LogP contribution < -0.4 is 15.4 Å². The van der Waals surface area contributed by atoms with Crippen LogP contribution in [0.1, 0.15) is 31.4 Å². The molecule has 1 aliphatic heterocycles. The van der Waals surface area contributed by atoms with E-state index in [2.05, 4.69) is 18.0 Å². The van der Waals surface area contributed by atoms with Gasteiger partial charge in [0.25, 0.3) is 0 Å². The zero-order chi connectivity index (χ0) is 13.8. The molecule has 4 nitrogen and oxygen atoms in total. The number of nitrogens with two attached hydrogens (primary N) is 1. The molecule has 0 radical (unpaired) electrons. The SMILES string of the molecule is COc1cccc(N(C)C2CCOCC2)c1[C@@H](C)N. The van der Waals surface area contributed by atoms with Gasteiger partial charge in [-0.05, 0) is 31.9 Å². The van der Waals surface area contributed by atoms with Crippen molar-refractivity contribution in [3.05, 3.63) is 23.8 Å². The Labute approximate surface area is 115 Å². The Bertz CT molecular complexity index is 415. The van der Waals surface area contributed by atoms with Crippen molar-refractivity contribution in [2.75, 3.05) is 32.3 Å².